The molecular weight excluding hydrogens is 252 g/mol. The van der Waals surface area contributed by atoms with Crippen molar-refractivity contribution in [1.29, 1.82) is 0 Å². The first-order valence-corrected chi connectivity index (χ1v) is 5.73. The third-order valence-electron chi connectivity index (χ3n) is 2.34. The average Bonchev–Trinajstić information content (AvgIpc) is 2.38. The van der Waals surface area contributed by atoms with Crippen LogP contribution in [0.4, 0.5) is 5.69 Å². The van der Waals surface area contributed by atoms with Crippen LogP contribution in [0.3, 0.4) is 0 Å². The molecule has 1 heterocycles. The molecule has 4 nitrogen and oxygen atoms in total. The lowest BCUT2D eigenvalue weighted by atomic mass is 10.2. The Labute approximate surface area is 110 Å². The van der Waals surface area contributed by atoms with Crippen LogP contribution in [0.2, 0.25) is 5.02 Å². The van der Waals surface area contributed by atoms with Crippen LogP contribution in [0.15, 0.2) is 36.5 Å². The molecule has 0 aliphatic rings. The summed E-state index contributed by atoms with van der Waals surface area (Å²) in [5.41, 5.74) is 7.04. The molecule has 0 atom stereocenters. The van der Waals surface area contributed by atoms with E-state index in [1.54, 1.807) is 13.2 Å². The lowest BCUT2D eigenvalue weighted by Crippen LogP contribution is -1.99. The van der Waals surface area contributed by atoms with Gasteiger partial charge in [-0.15, -0.1) is 0 Å². The molecule has 18 heavy (non-hydrogen) atoms. The number of halogens is 1. The Kier molecular flexibility index (Phi) is 3.89. The molecule has 0 aliphatic heterocycles. The smallest absolute Gasteiger partial charge is 0.233 e. The van der Waals surface area contributed by atoms with Gasteiger partial charge >= 0.3 is 0 Å². The quantitative estimate of drug-likeness (QED) is 0.922. The molecule has 94 valence electrons. The van der Waals surface area contributed by atoms with Gasteiger partial charge in [-0.05, 0) is 23.8 Å². The van der Waals surface area contributed by atoms with E-state index < -0.39 is 0 Å². The molecule has 2 rings (SSSR count). The van der Waals surface area contributed by atoms with Gasteiger partial charge in [0.1, 0.15) is 17.4 Å². The van der Waals surface area contributed by atoms with Crippen molar-refractivity contribution >= 4 is 17.3 Å². The first-order chi connectivity index (χ1) is 8.69. The molecule has 0 bridgehead atoms. The molecule has 1 aromatic carbocycles. The molecule has 0 fully saturated rings. The molecule has 2 N–H and O–H groups in total. The van der Waals surface area contributed by atoms with Crippen LogP contribution in [0.1, 0.15) is 5.56 Å². The molecule has 1 aromatic heterocycles. The zero-order valence-corrected chi connectivity index (χ0v) is 10.6. The van der Waals surface area contributed by atoms with Crippen LogP contribution < -0.4 is 15.2 Å². The topological polar surface area (TPSA) is 57.4 Å². The minimum atomic E-state index is 0.369. The Morgan fingerprint density at radius 2 is 2.17 bits per heavy atom. The minimum absolute atomic E-state index is 0.369. The number of anilines is 1. The summed E-state index contributed by atoms with van der Waals surface area (Å²) >= 11 is 5.96. The van der Waals surface area contributed by atoms with Crippen molar-refractivity contribution in [2.45, 2.75) is 6.61 Å². The second kappa shape index (κ2) is 5.60. The van der Waals surface area contributed by atoms with Crippen molar-refractivity contribution in [3.63, 3.8) is 0 Å². The summed E-state index contributed by atoms with van der Waals surface area (Å²) in [5.74, 6) is 1.15. The van der Waals surface area contributed by atoms with E-state index in [2.05, 4.69) is 4.98 Å². The SMILES string of the molecule is COc1cccc(COc2ncc(N)cc2Cl)c1. The third kappa shape index (κ3) is 3.05. The van der Waals surface area contributed by atoms with E-state index in [9.17, 15) is 0 Å². The van der Waals surface area contributed by atoms with E-state index in [0.717, 1.165) is 11.3 Å². The number of nitrogens with zero attached hydrogens (tertiary/aromatic N) is 1. The number of benzene rings is 1. The minimum Gasteiger partial charge on any atom is -0.497 e. The largest absolute Gasteiger partial charge is 0.497 e. The fraction of sp³-hybridized carbons (Fsp3) is 0.154. The number of nitrogen functional groups attached to an aromatic ring is 1. The normalized spacial score (nSPS) is 10.1. The Balaban J connectivity index is 2.06. The van der Waals surface area contributed by atoms with Gasteiger partial charge in [0.15, 0.2) is 0 Å². The lowest BCUT2D eigenvalue weighted by Gasteiger charge is -2.08. The predicted molar refractivity (Wildman–Crippen MR) is 71.0 cm³/mol. The van der Waals surface area contributed by atoms with E-state index in [1.807, 2.05) is 24.3 Å². The van der Waals surface area contributed by atoms with Crippen molar-refractivity contribution in [3.05, 3.63) is 47.1 Å². The summed E-state index contributed by atoms with van der Waals surface area (Å²) < 4.78 is 10.7. The fourth-order valence-electron chi connectivity index (χ4n) is 1.46. The maximum atomic E-state index is 5.96. The second-order valence-corrected chi connectivity index (χ2v) is 4.10. The molecule has 0 unspecified atom stereocenters. The summed E-state index contributed by atoms with van der Waals surface area (Å²) in [7, 11) is 1.62. The maximum Gasteiger partial charge on any atom is 0.233 e. The number of rotatable bonds is 4. The molecule has 5 heteroatoms. The summed E-state index contributed by atoms with van der Waals surface area (Å²) in [6.45, 7) is 0.369. The molecule has 0 saturated carbocycles. The Bertz CT molecular complexity index is 546. The van der Waals surface area contributed by atoms with Gasteiger partial charge in [-0.25, -0.2) is 4.98 Å². The highest BCUT2D eigenvalue weighted by molar-refractivity contribution is 6.32. The van der Waals surface area contributed by atoms with Crippen molar-refractivity contribution in [1.82, 2.24) is 4.98 Å². The van der Waals surface area contributed by atoms with Crippen LogP contribution in [-0.4, -0.2) is 12.1 Å². The van der Waals surface area contributed by atoms with Crippen molar-refractivity contribution in [3.8, 4) is 11.6 Å². The van der Waals surface area contributed by atoms with Gasteiger partial charge in [-0.2, -0.15) is 0 Å². The van der Waals surface area contributed by atoms with Crippen LogP contribution in [-0.2, 0) is 6.61 Å². The van der Waals surface area contributed by atoms with Gasteiger partial charge in [0, 0.05) is 0 Å². The third-order valence-corrected chi connectivity index (χ3v) is 2.61. The van der Waals surface area contributed by atoms with Crippen molar-refractivity contribution in [2.24, 2.45) is 0 Å². The summed E-state index contributed by atoms with van der Waals surface area (Å²) in [6.07, 6.45) is 1.51. The van der Waals surface area contributed by atoms with E-state index in [-0.39, 0.29) is 0 Å². The van der Waals surface area contributed by atoms with Crippen molar-refractivity contribution < 1.29 is 9.47 Å². The van der Waals surface area contributed by atoms with Gasteiger partial charge in [0.05, 0.1) is 19.0 Å². The Hall–Kier alpha value is -1.94. The molecule has 2 aromatic rings. The van der Waals surface area contributed by atoms with E-state index in [4.69, 9.17) is 26.8 Å². The monoisotopic (exact) mass is 264 g/mol. The van der Waals surface area contributed by atoms with Crippen LogP contribution in [0.5, 0.6) is 11.6 Å². The molecule has 0 radical (unpaired) electrons. The molecule has 0 aliphatic carbocycles. The molecule has 0 amide bonds. The fourth-order valence-corrected chi connectivity index (χ4v) is 1.69. The second-order valence-electron chi connectivity index (χ2n) is 3.70. The number of nitrogens with two attached hydrogens (primary N) is 1. The molecular formula is C13H13ClN2O2. The number of aromatic nitrogens is 1. The highest BCUT2D eigenvalue weighted by Crippen LogP contribution is 2.24. The average molecular weight is 265 g/mol. The summed E-state index contributed by atoms with van der Waals surface area (Å²) in [6, 6.07) is 9.21. The first kappa shape index (κ1) is 12.5. The maximum absolute atomic E-state index is 5.96. The molecule has 0 spiro atoms. The van der Waals surface area contributed by atoms with Gasteiger partial charge in [0.25, 0.3) is 0 Å². The van der Waals surface area contributed by atoms with Crippen LogP contribution >= 0.6 is 11.6 Å². The van der Waals surface area contributed by atoms with Crippen LogP contribution in [0.25, 0.3) is 0 Å². The number of hydrogen-bond acceptors (Lipinski definition) is 4. The zero-order valence-electron chi connectivity index (χ0n) is 9.89. The van der Waals surface area contributed by atoms with Gasteiger partial charge in [-0.1, -0.05) is 23.7 Å². The standard InChI is InChI=1S/C13H13ClN2O2/c1-17-11-4-2-3-9(5-11)8-18-13-12(14)6-10(15)7-16-13/h2-7H,8,15H2,1H3. The lowest BCUT2D eigenvalue weighted by molar-refractivity contribution is 0.293. The Morgan fingerprint density at radius 1 is 1.33 bits per heavy atom. The summed E-state index contributed by atoms with van der Waals surface area (Å²) in [4.78, 5) is 4.03. The van der Waals surface area contributed by atoms with Gasteiger partial charge < -0.3 is 15.2 Å². The summed E-state index contributed by atoms with van der Waals surface area (Å²) in [5, 5.41) is 0.401. The first-order valence-electron chi connectivity index (χ1n) is 5.36. The van der Waals surface area contributed by atoms with Crippen molar-refractivity contribution in [2.75, 3.05) is 12.8 Å². The number of pyridine rings is 1. The number of hydrogen-bond donors (Lipinski definition) is 1. The zero-order chi connectivity index (χ0) is 13.0. The number of methoxy groups -OCH3 is 1. The highest BCUT2D eigenvalue weighted by Gasteiger charge is 2.04. The Morgan fingerprint density at radius 3 is 2.89 bits per heavy atom. The van der Waals surface area contributed by atoms with E-state index in [0.29, 0.717) is 23.2 Å². The van der Waals surface area contributed by atoms with Crippen LogP contribution in [0, 0.1) is 0 Å². The number of ether oxygens (including phenoxy) is 2. The van der Waals surface area contributed by atoms with E-state index in [1.165, 1.54) is 6.20 Å². The molecule has 0 saturated heterocycles. The van der Waals surface area contributed by atoms with Gasteiger partial charge in [0.2, 0.25) is 5.88 Å². The van der Waals surface area contributed by atoms with E-state index >= 15 is 0 Å². The predicted octanol–water partition coefficient (Wildman–Crippen LogP) is 2.90. The van der Waals surface area contributed by atoms with Gasteiger partial charge in [-0.3, -0.25) is 0 Å². The highest BCUT2D eigenvalue weighted by atomic mass is 35.5.